The molecule has 10 atom stereocenters. The molecule has 0 unspecified atom stereocenters. The Bertz CT molecular complexity index is 1230. The van der Waals surface area contributed by atoms with Crippen LogP contribution in [-0.4, -0.2) is 90.4 Å². The van der Waals surface area contributed by atoms with Crippen LogP contribution in [0.25, 0.3) is 0 Å². The smallest absolute Gasteiger partial charge is 0.187 e. The summed E-state index contributed by atoms with van der Waals surface area (Å²) in [6.07, 6.45) is -9.39. The topological polar surface area (TPSA) is 125 Å². The second-order valence-electron chi connectivity index (χ2n) is 11.0. The Morgan fingerprint density at radius 2 is 1.14 bits per heavy atom. The summed E-state index contributed by atoms with van der Waals surface area (Å²) in [6.45, 7) is 2.05. The van der Waals surface area contributed by atoms with Gasteiger partial charge in [-0.3, -0.25) is 0 Å². The van der Waals surface area contributed by atoms with E-state index in [4.69, 9.17) is 33.2 Å². The lowest BCUT2D eigenvalue weighted by atomic mass is 9.98. The van der Waals surface area contributed by atoms with Crippen LogP contribution in [0.1, 0.15) is 23.6 Å². The van der Waals surface area contributed by atoms with Crippen LogP contribution in [0.2, 0.25) is 0 Å². The summed E-state index contributed by atoms with van der Waals surface area (Å²) in [5, 5.41) is 31.7. The van der Waals surface area contributed by atoms with E-state index in [2.05, 4.69) is 0 Å². The minimum atomic E-state index is -1.31. The first-order valence-electron chi connectivity index (χ1n) is 14.9. The maximum Gasteiger partial charge on any atom is 0.187 e. The van der Waals surface area contributed by atoms with Gasteiger partial charge in [-0.15, -0.1) is 0 Å². The van der Waals surface area contributed by atoms with E-state index in [-0.39, 0.29) is 13.2 Å². The van der Waals surface area contributed by atoms with Gasteiger partial charge in [0.15, 0.2) is 12.6 Å². The molecule has 0 amide bonds. The lowest BCUT2D eigenvalue weighted by Gasteiger charge is -2.45. The third kappa shape index (κ3) is 8.09. The molecule has 238 valence electrons. The van der Waals surface area contributed by atoms with Crippen molar-refractivity contribution in [1.82, 2.24) is 0 Å². The highest BCUT2D eigenvalue weighted by atomic mass is 16.8. The van der Waals surface area contributed by atoms with Crippen molar-refractivity contribution in [3.8, 4) is 0 Å². The van der Waals surface area contributed by atoms with E-state index in [1.54, 1.807) is 0 Å². The fourth-order valence-electron chi connectivity index (χ4n) is 5.56. The Kier molecular flexibility index (Phi) is 11.9. The van der Waals surface area contributed by atoms with E-state index in [9.17, 15) is 15.3 Å². The third-order valence-electron chi connectivity index (χ3n) is 7.90. The first kappa shape index (κ1) is 32.6. The standard InChI is InChI=1S/C34H42O10/c1-22-28(39-19-23-12-6-3-7-13-23)31(41-21-25-16-10-5-11-17-25)32(34(38-2)42-22)44-33-27(37)30(29(43-33)26(36)18-35)40-20-24-14-8-4-9-15-24/h3-17,22,26-37H,18-21H2,1-2H3/t22-,26+,27+,28-,29-,30+,31+,32+,33+,34+/m0/s1. The molecule has 5 rings (SSSR count). The number of ether oxygens (including phenoxy) is 7. The average molecular weight is 611 g/mol. The minimum Gasteiger partial charge on any atom is -0.394 e. The Morgan fingerprint density at radius 3 is 1.61 bits per heavy atom. The van der Waals surface area contributed by atoms with E-state index in [1.807, 2.05) is 97.9 Å². The van der Waals surface area contributed by atoms with Crippen LogP contribution in [-0.2, 0) is 53.0 Å². The van der Waals surface area contributed by atoms with Crippen LogP contribution in [0, 0.1) is 0 Å². The molecule has 0 bridgehead atoms. The van der Waals surface area contributed by atoms with Gasteiger partial charge < -0.3 is 48.5 Å². The number of rotatable bonds is 14. The van der Waals surface area contributed by atoms with Crippen molar-refractivity contribution in [1.29, 1.82) is 0 Å². The highest BCUT2D eigenvalue weighted by molar-refractivity contribution is 5.15. The summed E-state index contributed by atoms with van der Waals surface area (Å²) < 4.78 is 43.2. The first-order chi connectivity index (χ1) is 21.5. The molecular formula is C34H42O10. The highest BCUT2D eigenvalue weighted by Crippen LogP contribution is 2.35. The van der Waals surface area contributed by atoms with Crippen molar-refractivity contribution in [2.24, 2.45) is 0 Å². The van der Waals surface area contributed by atoms with Gasteiger partial charge in [0.25, 0.3) is 0 Å². The molecule has 2 fully saturated rings. The van der Waals surface area contributed by atoms with Gasteiger partial charge in [-0.25, -0.2) is 0 Å². The van der Waals surface area contributed by atoms with Crippen molar-refractivity contribution in [2.45, 2.75) is 88.2 Å². The summed E-state index contributed by atoms with van der Waals surface area (Å²) >= 11 is 0. The quantitative estimate of drug-likeness (QED) is 0.251. The number of hydrogen-bond donors (Lipinski definition) is 3. The molecule has 2 heterocycles. The van der Waals surface area contributed by atoms with Gasteiger partial charge in [0.05, 0.1) is 32.5 Å². The van der Waals surface area contributed by atoms with E-state index < -0.39 is 68.0 Å². The molecule has 3 aromatic carbocycles. The fourth-order valence-corrected chi connectivity index (χ4v) is 5.56. The molecule has 10 nitrogen and oxygen atoms in total. The lowest BCUT2D eigenvalue weighted by Crippen LogP contribution is -2.61. The number of aliphatic hydroxyl groups is 3. The molecule has 10 heteroatoms. The van der Waals surface area contributed by atoms with Gasteiger partial charge in [0.2, 0.25) is 0 Å². The fraction of sp³-hybridized carbons (Fsp3) is 0.471. The van der Waals surface area contributed by atoms with Crippen molar-refractivity contribution >= 4 is 0 Å². The molecule has 2 aliphatic rings. The van der Waals surface area contributed by atoms with Gasteiger partial charge in [-0.2, -0.15) is 0 Å². The summed E-state index contributed by atoms with van der Waals surface area (Å²) in [7, 11) is 1.50. The summed E-state index contributed by atoms with van der Waals surface area (Å²) in [6, 6.07) is 29.0. The maximum absolute atomic E-state index is 11.4. The lowest BCUT2D eigenvalue weighted by molar-refractivity contribution is -0.340. The zero-order valence-electron chi connectivity index (χ0n) is 25.0. The number of methoxy groups -OCH3 is 1. The van der Waals surface area contributed by atoms with E-state index in [0.29, 0.717) is 6.61 Å². The largest absolute Gasteiger partial charge is 0.394 e. The van der Waals surface area contributed by atoms with E-state index >= 15 is 0 Å². The molecule has 0 saturated carbocycles. The number of hydrogen-bond acceptors (Lipinski definition) is 10. The zero-order chi connectivity index (χ0) is 30.9. The monoisotopic (exact) mass is 610 g/mol. The predicted molar refractivity (Wildman–Crippen MR) is 159 cm³/mol. The van der Waals surface area contributed by atoms with Crippen molar-refractivity contribution < 1.29 is 48.5 Å². The van der Waals surface area contributed by atoms with Gasteiger partial charge in [0.1, 0.15) is 42.7 Å². The Morgan fingerprint density at radius 1 is 0.659 bits per heavy atom. The molecule has 2 saturated heterocycles. The van der Waals surface area contributed by atoms with E-state index in [0.717, 1.165) is 16.7 Å². The zero-order valence-corrected chi connectivity index (χ0v) is 25.0. The van der Waals surface area contributed by atoms with Crippen LogP contribution in [0.15, 0.2) is 91.0 Å². The van der Waals surface area contributed by atoms with Crippen LogP contribution < -0.4 is 0 Å². The van der Waals surface area contributed by atoms with Crippen LogP contribution in [0.4, 0.5) is 0 Å². The van der Waals surface area contributed by atoms with Gasteiger partial charge in [-0.1, -0.05) is 91.0 Å². The first-order valence-corrected chi connectivity index (χ1v) is 14.9. The molecule has 0 aromatic heterocycles. The molecule has 3 aromatic rings. The molecule has 0 spiro atoms. The van der Waals surface area contributed by atoms with E-state index in [1.165, 1.54) is 7.11 Å². The normalized spacial score (nSPS) is 31.2. The molecule has 0 radical (unpaired) electrons. The Balaban J connectivity index is 1.37. The number of benzene rings is 3. The van der Waals surface area contributed by atoms with Gasteiger partial charge in [0, 0.05) is 7.11 Å². The third-order valence-corrected chi connectivity index (χ3v) is 7.90. The van der Waals surface area contributed by atoms with Crippen LogP contribution in [0.3, 0.4) is 0 Å². The maximum atomic E-state index is 11.4. The van der Waals surface area contributed by atoms with Gasteiger partial charge >= 0.3 is 0 Å². The molecule has 3 N–H and O–H groups in total. The van der Waals surface area contributed by atoms with Crippen LogP contribution >= 0.6 is 0 Å². The highest BCUT2D eigenvalue weighted by Gasteiger charge is 2.53. The van der Waals surface area contributed by atoms with Crippen molar-refractivity contribution in [3.63, 3.8) is 0 Å². The molecular weight excluding hydrogens is 568 g/mol. The second kappa shape index (κ2) is 16.0. The summed E-state index contributed by atoms with van der Waals surface area (Å²) in [4.78, 5) is 0. The van der Waals surface area contributed by atoms with Crippen LogP contribution in [0.5, 0.6) is 0 Å². The summed E-state index contributed by atoms with van der Waals surface area (Å²) in [5.41, 5.74) is 2.82. The van der Waals surface area contributed by atoms with Crippen molar-refractivity contribution in [3.05, 3.63) is 108 Å². The second-order valence-corrected chi connectivity index (χ2v) is 11.0. The average Bonchev–Trinajstić information content (AvgIpc) is 3.38. The minimum absolute atomic E-state index is 0.163. The number of aliphatic hydroxyl groups excluding tert-OH is 3. The van der Waals surface area contributed by atoms with Gasteiger partial charge in [-0.05, 0) is 23.6 Å². The predicted octanol–water partition coefficient (Wildman–Crippen LogP) is 2.96. The molecule has 2 aliphatic heterocycles. The molecule has 44 heavy (non-hydrogen) atoms. The summed E-state index contributed by atoms with van der Waals surface area (Å²) in [5.74, 6) is 0. The Hall–Kier alpha value is -2.74. The molecule has 0 aliphatic carbocycles. The Labute approximate surface area is 258 Å². The van der Waals surface area contributed by atoms with Crippen molar-refractivity contribution in [2.75, 3.05) is 13.7 Å². The SMILES string of the molecule is CO[C@@H]1O[C@@H](C)[C@H](OCc2ccccc2)[C@@H](OCc2ccccc2)[C@H]1O[C@H]1O[C@@H]([C@H](O)CO)[C@H](OCc2ccccc2)[C@H]1O.